The minimum absolute atomic E-state index is 0.210. The molecule has 1 atom stereocenters. The van der Waals surface area contributed by atoms with Crippen LogP contribution in [-0.4, -0.2) is 0 Å². The third-order valence-corrected chi connectivity index (χ3v) is 4.22. The van der Waals surface area contributed by atoms with Gasteiger partial charge in [0.1, 0.15) is 0 Å². The fraction of sp³-hybridized carbons (Fsp3) is 0.143. The highest BCUT2D eigenvalue weighted by Crippen LogP contribution is 2.32. The molecule has 17 heavy (non-hydrogen) atoms. The van der Waals surface area contributed by atoms with Gasteiger partial charge in [-0.05, 0) is 29.7 Å². The average molecular weight is 311 g/mol. The van der Waals surface area contributed by atoms with Crippen molar-refractivity contribution in [2.45, 2.75) is 13.0 Å². The molecule has 0 aliphatic heterocycles. The second-order valence-corrected chi connectivity index (χ2v) is 5.18. The van der Waals surface area contributed by atoms with Crippen LogP contribution in [0, 0.1) is 6.92 Å². The zero-order valence-corrected chi connectivity index (χ0v) is 11.8. The lowest BCUT2D eigenvalue weighted by Gasteiger charge is -2.16. The van der Waals surface area contributed by atoms with Crippen LogP contribution in [0.15, 0.2) is 46.9 Å². The fourth-order valence-electron chi connectivity index (χ4n) is 1.81. The van der Waals surface area contributed by atoms with E-state index in [9.17, 15) is 0 Å². The van der Waals surface area contributed by atoms with Crippen LogP contribution in [0.5, 0.6) is 0 Å². The predicted molar refractivity (Wildman–Crippen MR) is 76.4 cm³/mol. The van der Waals surface area contributed by atoms with Crippen molar-refractivity contribution in [3.8, 4) is 0 Å². The maximum atomic E-state index is 6.27. The number of rotatable bonds is 2. The summed E-state index contributed by atoms with van der Waals surface area (Å²) in [6.45, 7) is 2.05. The van der Waals surface area contributed by atoms with Gasteiger partial charge in [-0.1, -0.05) is 63.9 Å². The Morgan fingerprint density at radius 1 is 1.06 bits per heavy atom. The molecule has 0 aliphatic rings. The van der Waals surface area contributed by atoms with Crippen LogP contribution in [-0.2, 0) is 0 Å². The zero-order chi connectivity index (χ0) is 12.4. The number of aryl methyl sites for hydroxylation is 1. The number of halogens is 2. The van der Waals surface area contributed by atoms with Gasteiger partial charge in [-0.25, -0.2) is 0 Å². The van der Waals surface area contributed by atoms with Crippen molar-refractivity contribution in [2.75, 3.05) is 0 Å². The molecule has 2 aromatic carbocycles. The average Bonchev–Trinajstić information content (AvgIpc) is 2.32. The number of hydrogen-bond donors (Lipinski definition) is 1. The van der Waals surface area contributed by atoms with Crippen molar-refractivity contribution in [3.63, 3.8) is 0 Å². The van der Waals surface area contributed by atoms with Gasteiger partial charge in [0.25, 0.3) is 0 Å². The summed E-state index contributed by atoms with van der Waals surface area (Å²) in [6.07, 6.45) is 0. The Morgan fingerprint density at radius 3 is 2.41 bits per heavy atom. The molecule has 0 radical (unpaired) electrons. The van der Waals surface area contributed by atoms with E-state index in [1.165, 1.54) is 5.56 Å². The molecular weight excluding hydrogens is 298 g/mol. The number of nitrogens with two attached hydrogens (primary N) is 1. The highest BCUT2D eigenvalue weighted by atomic mass is 79.9. The lowest BCUT2D eigenvalue weighted by atomic mass is 9.98. The maximum Gasteiger partial charge on any atom is 0.0577 e. The van der Waals surface area contributed by atoms with E-state index in [4.69, 9.17) is 17.3 Å². The molecular formula is C14H13BrClN. The van der Waals surface area contributed by atoms with Gasteiger partial charge in [-0.2, -0.15) is 0 Å². The van der Waals surface area contributed by atoms with E-state index >= 15 is 0 Å². The summed E-state index contributed by atoms with van der Waals surface area (Å²) < 4.78 is 1.05. The molecule has 1 unspecified atom stereocenters. The predicted octanol–water partition coefficient (Wildman–Crippen LogP) is 4.46. The largest absolute Gasteiger partial charge is 0.320 e. The van der Waals surface area contributed by atoms with E-state index < -0.39 is 0 Å². The van der Waals surface area contributed by atoms with Crippen molar-refractivity contribution >= 4 is 27.5 Å². The van der Waals surface area contributed by atoms with Crippen LogP contribution in [0.3, 0.4) is 0 Å². The Balaban J connectivity index is 2.48. The van der Waals surface area contributed by atoms with Crippen LogP contribution in [0.4, 0.5) is 0 Å². The molecule has 2 N–H and O–H groups in total. The van der Waals surface area contributed by atoms with Gasteiger partial charge < -0.3 is 5.73 Å². The van der Waals surface area contributed by atoms with Gasteiger partial charge in [-0.15, -0.1) is 0 Å². The first kappa shape index (κ1) is 12.6. The molecule has 0 aromatic heterocycles. The molecule has 1 nitrogen and oxygen atoms in total. The van der Waals surface area contributed by atoms with Gasteiger partial charge in [0.2, 0.25) is 0 Å². The topological polar surface area (TPSA) is 26.0 Å². The van der Waals surface area contributed by atoms with Crippen molar-refractivity contribution in [1.82, 2.24) is 0 Å². The van der Waals surface area contributed by atoms with Gasteiger partial charge in [-0.3, -0.25) is 0 Å². The summed E-state index contributed by atoms with van der Waals surface area (Å²) in [5.41, 5.74) is 9.44. The first-order valence-corrected chi connectivity index (χ1v) is 6.53. The molecule has 0 saturated heterocycles. The summed E-state index contributed by atoms with van der Waals surface area (Å²) in [5, 5.41) is 0.702. The Bertz CT molecular complexity index is 539. The van der Waals surface area contributed by atoms with Gasteiger partial charge in [0, 0.05) is 9.50 Å². The molecule has 2 aromatic rings. The molecule has 0 aliphatic carbocycles. The molecule has 3 heteroatoms. The van der Waals surface area contributed by atoms with Gasteiger partial charge >= 0.3 is 0 Å². The third-order valence-electron chi connectivity index (χ3n) is 2.80. The van der Waals surface area contributed by atoms with Gasteiger partial charge in [0.05, 0.1) is 6.04 Å². The van der Waals surface area contributed by atoms with Crippen molar-refractivity contribution in [3.05, 3.63) is 68.7 Å². The van der Waals surface area contributed by atoms with E-state index in [1.807, 2.05) is 49.4 Å². The number of benzene rings is 2. The molecule has 0 fully saturated rings. The molecule has 0 spiro atoms. The molecule has 88 valence electrons. The van der Waals surface area contributed by atoms with Crippen LogP contribution in [0.25, 0.3) is 0 Å². The number of hydrogen-bond acceptors (Lipinski definition) is 1. The second-order valence-electron chi connectivity index (χ2n) is 3.98. The summed E-state index contributed by atoms with van der Waals surface area (Å²) in [5.74, 6) is 0. The Hall–Kier alpha value is -0.830. The van der Waals surface area contributed by atoms with Crippen LogP contribution in [0.1, 0.15) is 22.7 Å². The maximum absolute atomic E-state index is 6.27. The first-order chi connectivity index (χ1) is 8.11. The highest BCUT2D eigenvalue weighted by Gasteiger charge is 2.15. The van der Waals surface area contributed by atoms with Crippen molar-refractivity contribution in [2.24, 2.45) is 5.73 Å². The lowest BCUT2D eigenvalue weighted by molar-refractivity contribution is 0.864. The molecule has 0 amide bonds. The summed E-state index contributed by atoms with van der Waals surface area (Å²) >= 11 is 9.75. The monoisotopic (exact) mass is 309 g/mol. The Morgan fingerprint density at radius 2 is 1.71 bits per heavy atom. The minimum atomic E-state index is -0.210. The van der Waals surface area contributed by atoms with E-state index in [1.54, 1.807) is 0 Å². The minimum Gasteiger partial charge on any atom is -0.320 e. The molecule has 0 bridgehead atoms. The van der Waals surface area contributed by atoms with E-state index in [0.29, 0.717) is 5.02 Å². The van der Waals surface area contributed by atoms with E-state index in [0.717, 1.165) is 15.6 Å². The van der Waals surface area contributed by atoms with Crippen LogP contribution in [0.2, 0.25) is 5.02 Å². The molecule has 0 saturated carbocycles. The van der Waals surface area contributed by atoms with Gasteiger partial charge in [0.15, 0.2) is 0 Å². The Labute approximate surface area is 115 Å². The lowest BCUT2D eigenvalue weighted by Crippen LogP contribution is -2.13. The Kier molecular flexibility index (Phi) is 3.87. The van der Waals surface area contributed by atoms with Crippen LogP contribution >= 0.6 is 27.5 Å². The fourth-order valence-corrected chi connectivity index (χ4v) is 2.57. The summed E-state index contributed by atoms with van der Waals surface area (Å²) in [4.78, 5) is 0. The summed E-state index contributed by atoms with van der Waals surface area (Å²) in [6, 6.07) is 13.5. The highest BCUT2D eigenvalue weighted by molar-refractivity contribution is 9.10. The smallest absolute Gasteiger partial charge is 0.0577 e. The van der Waals surface area contributed by atoms with E-state index in [-0.39, 0.29) is 6.04 Å². The normalized spacial score (nSPS) is 12.5. The summed E-state index contributed by atoms with van der Waals surface area (Å²) in [7, 11) is 0. The zero-order valence-electron chi connectivity index (χ0n) is 9.45. The molecule has 2 rings (SSSR count). The third kappa shape index (κ3) is 2.54. The quantitative estimate of drug-likeness (QED) is 0.871. The SMILES string of the molecule is Cc1cccc(C(N)c2ccccc2Cl)c1Br. The van der Waals surface area contributed by atoms with Crippen LogP contribution < -0.4 is 5.73 Å². The second kappa shape index (κ2) is 5.21. The first-order valence-electron chi connectivity index (χ1n) is 5.36. The van der Waals surface area contributed by atoms with Crippen molar-refractivity contribution in [1.29, 1.82) is 0 Å². The van der Waals surface area contributed by atoms with Crippen molar-refractivity contribution < 1.29 is 0 Å². The van der Waals surface area contributed by atoms with E-state index in [2.05, 4.69) is 15.9 Å². The standard InChI is InChI=1S/C14H13BrClN/c1-9-5-4-7-11(13(9)15)14(17)10-6-2-3-8-12(10)16/h2-8,14H,17H2,1H3. The molecule has 0 heterocycles.